The van der Waals surface area contributed by atoms with Gasteiger partial charge in [0.2, 0.25) is 0 Å². The lowest BCUT2D eigenvalue weighted by molar-refractivity contribution is -0.141. The summed E-state index contributed by atoms with van der Waals surface area (Å²) in [6, 6.07) is 15.3. The summed E-state index contributed by atoms with van der Waals surface area (Å²) in [5.74, 6) is -0.271. The van der Waals surface area contributed by atoms with Gasteiger partial charge < -0.3 is 0 Å². The van der Waals surface area contributed by atoms with Gasteiger partial charge in [-0.3, -0.25) is 4.68 Å². The standard InChI is InChI=1S/C24H14Br2ClF3N6/c1-35-12-15(11-31-35)18-10-19(24(28,29)30)33-23(32-18)36-22(14-4-8-17(26)9-5-14)20(27)21(34-36)13-2-6-16(25)7-3-13/h2-12H,1H3. The highest BCUT2D eigenvalue weighted by Crippen LogP contribution is 2.39. The van der Waals surface area contributed by atoms with Gasteiger partial charge in [0.15, 0.2) is 5.69 Å². The van der Waals surface area contributed by atoms with Gasteiger partial charge in [-0.05, 0) is 30.3 Å². The molecule has 0 saturated heterocycles. The van der Waals surface area contributed by atoms with E-state index in [4.69, 9.17) is 11.6 Å². The van der Waals surface area contributed by atoms with Crippen LogP contribution >= 0.6 is 43.5 Å². The molecule has 5 rings (SSSR count). The van der Waals surface area contributed by atoms with Gasteiger partial charge in [-0.25, -0.2) is 9.97 Å². The van der Waals surface area contributed by atoms with E-state index in [1.165, 1.54) is 15.6 Å². The van der Waals surface area contributed by atoms with Crippen LogP contribution in [0.15, 0.2) is 75.9 Å². The molecule has 182 valence electrons. The van der Waals surface area contributed by atoms with E-state index in [0.29, 0.717) is 28.1 Å². The molecule has 0 aliphatic carbocycles. The lowest BCUT2D eigenvalue weighted by Crippen LogP contribution is -2.14. The van der Waals surface area contributed by atoms with E-state index >= 15 is 0 Å². The Morgan fingerprint density at radius 2 is 1.47 bits per heavy atom. The van der Waals surface area contributed by atoms with Gasteiger partial charge in [0.05, 0.1) is 22.6 Å². The van der Waals surface area contributed by atoms with Gasteiger partial charge >= 0.3 is 6.18 Å². The van der Waals surface area contributed by atoms with Crippen molar-refractivity contribution in [1.29, 1.82) is 0 Å². The van der Waals surface area contributed by atoms with Crippen LogP contribution in [-0.4, -0.2) is 29.5 Å². The molecule has 0 unspecified atom stereocenters. The highest BCUT2D eigenvalue weighted by molar-refractivity contribution is 9.10. The van der Waals surface area contributed by atoms with Crippen molar-refractivity contribution >= 4 is 43.5 Å². The average molecular weight is 639 g/mol. The molecule has 0 bridgehead atoms. The zero-order chi connectivity index (χ0) is 25.6. The number of benzene rings is 2. The van der Waals surface area contributed by atoms with Crippen LogP contribution in [0, 0.1) is 0 Å². The van der Waals surface area contributed by atoms with Crippen molar-refractivity contribution in [3.63, 3.8) is 0 Å². The monoisotopic (exact) mass is 636 g/mol. The third-order valence-electron chi connectivity index (χ3n) is 5.26. The summed E-state index contributed by atoms with van der Waals surface area (Å²) in [6.07, 6.45) is -1.70. The van der Waals surface area contributed by atoms with Crippen molar-refractivity contribution in [2.45, 2.75) is 6.18 Å². The van der Waals surface area contributed by atoms with Gasteiger partial charge in [-0.15, -0.1) is 0 Å². The summed E-state index contributed by atoms with van der Waals surface area (Å²) in [7, 11) is 1.67. The van der Waals surface area contributed by atoms with Crippen molar-refractivity contribution < 1.29 is 13.2 Å². The van der Waals surface area contributed by atoms with Crippen LogP contribution in [0.4, 0.5) is 13.2 Å². The summed E-state index contributed by atoms with van der Waals surface area (Å²) in [5.41, 5.74) is 1.40. The van der Waals surface area contributed by atoms with Crippen molar-refractivity contribution in [1.82, 2.24) is 29.5 Å². The number of alkyl halides is 3. The minimum atomic E-state index is -4.71. The molecular weight excluding hydrogens is 625 g/mol. The van der Waals surface area contributed by atoms with E-state index in [0.717, 1.165) is 15.0 Å². The second kappa shape index (κ2) is 9.45. The number of aryl methyl sites for hydroxylation is 1. The molecule has 12 heteroatoms. The lowest BCUT2D eigenvalue weighted by Gasteiger charge is -2.12. The molecule has 2 aromatic carbocycles. The van der Waals surface area contributed by atoms with Crippen molar-refractivity contribution in [3.05, 3.63) is 86.7 Å². The SMILES string of the molecule is Cn1cc(-c2cc(C(F)(F)F)nc(-n3nc(-c4ccc(Br)cc4)c(Cl)c3-c3ccc(Br)cc3)n2)cn1. The first-order chi connectivity index (χ1) is 17.1. The van der Waals surface area contributed by atoms with Crippen molar-refractivity contribution in [3.8, 4) is 39.7 Å². The van der Waals surface area contributed by atoms with E-state index in [-0.39, 0.29) is 16.7 Å². The molecule has 0 aliphatic rings. The normalized spacial score (nSPS) is 11.8. The Morgan fingerprint density at radius 1 is 0.861 bits per heavy atom. The molecule has 36 heavy (non-hydrogen) atoms. The molecule has 6 nitrogen and oxygen atoms in total. The third-order valence-corrected chi connectivity index (χ3v) is 6.67. The predicted molar refractivity (Wildman–Crippen MR) is 138 cm³/mol. The van der Waals surface area contributed by atoms with E-state index < -0.39 is 11.9 Å². The molecule has 3 heterocycles. The highest BCUT2D eigenvalue weighted by Gasteiger charge is 2.35. The van der Waals surface area contributed by atoms with Crippen LogP contribution in [0.1, 0.15) is 5.69 Å². The van der Waals surface area contributed by atoms with Crippen LogP contribution < -0.4 is 0 Å². The van der Waals surface area contributed by atoms with Crippen molar-refractivity contribution in [2.75, 3.05) is 0 Å². The van der Waals surface area contributed by atoms with Crippen LogP contribution in [0.3, 0.4) is 0 Å². The fraction of sp³-hybridized carbons (Fsp3) is 0.0833. The molecular formula is C24H14Br2ClF3N6. The van der Waals surface area contributed by atoms with Gasteiger partial charge in [0, 0.05) is 38.9 Å². The Labute approximate surface area is 225 Å². The largest absolute Gasteiger partial charge is 0.433 e. The first kappa shape index (κ1) is 24.7. The third kappa shape index (κ3) is 4.82. The molecule has 0 amide bonds. The summed E-state index contributed by atoms with van der Waals surface area (Å²) in [5, 5.41) is 8.89. The Morgan fingerprint density at radius 3 is 2.03 bits per heavy atom. The second-order valence-corrected chi connectivity index (χ2v) is 9.98. The fourth-order valence-electron chi connectivity index (χ4n) is 3.57. The van der Waals surface area contributed by atoms with Gasteiger partial charge in [0.25, 0.3) is 5.95 Å². The molecule has 0 N–H and O–H groups in total. The molecule has 0 aliphatic heterocycles. The molecule has 3 aromatic heterocycles. The van der Waals surface area contributed by atoms with Gasteiger partial charge in [-0.2, -0.15) is 28.1 Å². The van der Waals surface area contributed by atoms with Crippen LogP contribution in [0.5, 0.6) is 0 Å². The number of hydrogen-bond acceptors (Lipinski definition) is 4. The number of rotatable bonds is 4. The first-order valence-corrected chi connectivity index (χ1v) is 12.3. The summed E-state index contributed by atoms with van der Waals surface area (Å²) >= 11 is 13.6. The maximum absolute atomic E-state index is 13.9. The zero-order valence-electron chi connectivity index (χ0n) is 18.3. The van der Waals surface area contributed by atoms with Crippen LogP contribution in [0.2, 0.25) is 5.02 Å². The fourth-order valence-corrected chi connectivity index (χ4v) is 4.43. The number of nitrogens with zero attached hydrogens (tertiary/aromatic N) is 6. The number of halogens is 6. The van der Waals surface area contributed by atoms with E-state index in [9.17, 15) is 13.2 Å². The average Bonchev–Trinajstić information content (AvgIpc) is 3.43. The van der Waals surface area contributed by atoms with Crippen LogP contribution in [0.25, 0.3) is 39.7 Å². The minimum Gasteiger partial charge on any atom is -0.275 e. The predicted octanol–water partition coefficient (Wildman–Crippen LogP) is 7.59. The first-order valence-electron chi connectivity index (χ1n) is 10.4. The van der Waals surface area contributed by atoms with Gasteiger partial charge in [0.1, 0.15) is 5.69 Å². The second-order valence-electron chi connectivity index (χ2n) is 7.78. The Balaban J connectivity index is 1.79. The molecule has 5 aromatic rings. The number of hydrogen-bond donors (Lipinski definition) is 0. The Hall–Kier alpha value is -3.02. The molecule has 0 fully saturated rings. The summed E-state index contributed by atoms with van der Waals surface area (Å²) in [4.78, 5) is 8.26. The van der Waals surface area contributed by atoms with Crippen molar-refractivity contribution in [2.24, 2.45) is 7.05 Å². The summed E-state index contributed by atoms with van der Waals surface area (Å²) < 4.78 is 46.0. The zero-order valence-corrected chi connectivity index (χ0v) is 22.2. The Bertz CT molecular complexity index is 1560. The lowest BCUT2D eigenvalue weighted by atomic mass is 10.1. The van der Waals surface area contributed by atoms with E-state index in [1.807, 2.05) is 24.3 Å². The maximum Gasteiger partial charge on any atom is 0.433 e. The van der Waals surface area contributed by atoms with Crippen LogP contribution in [-0.2, 0) is 13.2 Å². The van der Waals surface area contributed by atoms with Gasteiger partial charge in [-0.1, -0.05) is 67.7 Å². The minimum absolute atomic E-state index is 0.0546. The van der Waals surface area contributed by atoms with E-state index in [2.05, 4.69) is 52.0 Å². The molecule has 0 radical (unpaired) electrons. The molecule has 0 atom stereocenters. The topological polar surface area (TPSA) is 61.4 Å². The van der Waals surface area contributed by atoms with E-state index in [1.54, 1.807) is 37.5 Å². The highest BCUT2D eigenvalue weighted by atomic mass is 79.9. The maximum atomic E-state index is 13.9. The number of aromatic nitrogens is 6. The molecule has 0 saturated carbocycles. The molecule has 0 spiro atoms. The Kier molecular flexibility index (Phi) is 6.48. The smallest absolute Gasteiger partial charge is 0.275 e. The summed E-state index contributed by atoms with van der Waals surface area (Å²) in [6.45, 7) is 0. The quantitative estimate of drug-likeness (QED) is 0.204.